The van der Waals surface area contributed by atoms with Gasteiger partial charge < -0.3 is 0 Å². The Bertz CT molecular complexity index is 441. The molecule has 0 atom stereocenters. The molecule has 2 rings (SSSR count). The zero-order chi connectivity index (χ0) is 11.2. The summed E-state index contributed by atoms with van der Waals surface area (Å²) in [5.74, 6) is 0.812. The third kappa shape index (κ3) is 1.55. The smallest absolute Gasteiger partial charge is 0.267 e. The van der Waals surface area contributed by atoms with Crippen molar-refractivity contribution >= 4 is 23.5 Å². The van der Waals surface area contributed by atoms with Crippen LogP contribution in [0.15, 0.2) is 4.99 Å². The van der Waals surface area contributed by atoms with E-state index in [9.17, 15) is 4.79 Å². The van der Waals surface area contributed by atoms with Gasteiger partial charge in [-0.05, 0) is 11.8 Å². The molecule has 0 N–H and O–H groups in total. The minimum atomic E-state index is -0.0585. The molecule has 1 aromatic heterocycles. The lowest BCUT2D eigenvalue weighted by Crippen LogP contribution is -1.96. The van der Waals surface area contributed by atoms with E-state index < -0.39 is 0 Å². The van der Waals surface area contributed by atoms with Crippen LogP contribution >= 0.6 is 11.3 Å². The Labute approximate surface area is 94.0 Å². The van der Waals surface area contributed by atoms with E-state index in [4.69, 9.17) is 0 Å². The predicted molar refractivity (Wildman–Crippen MR) is 64.4 cm³/mol. The molecule has 0 aromatic carbocycles. The number of nitrogens with zero attached hydrogens (tertiary/aromatic N) is 1. The SMILES string of the molecule is CC(C)c1sc(C(C)C)c2c1C=NC2=O. The molecule has 1 amide bonds. The molecular weight excluding hydrogens is 206 g/mol. The van der Waals surface area contributed by atoms with Gasteiger partial charge in [-0.3, -0.25) is 4.79 Å². The van der Waals surface area contributed by atoms with Crippen LogP contribution in [0.25, 0.3) is 0 Å². The first-order valence-corrected chi connectivity index (χ1v) is 6.09. The van der Waals surface area contributed by atoms with Crippen LogP contribution in [-0.4, -0.2) is 12.1 Å². The van der Waals surface area contributed by atoms with Gasteiger partial charge in [0, 0.05) is 21.5 Å². The monoisotopic (exact) mass is 221 g/mol. The average Bonchev–Trinajstić information content (AvgIpc) is 2.66. The highest BCUT2D eigenvalue weighted by atomic mass is 32.1. The second kappa shape index (κ2) is 3.56. The summed E-state index contributed by atoms with van der Waals surface area (Å²) in [5.41, 5.74) is 1.93. The number of amides is 1. The summed E-state index contributed by atoms with van der Waals surface area (Å²) in [7, 11) is 0. The number of hydrogen-bond acceptors (Lipinski definition) is 2. The van der Waals surface area contributed by atoms with Crippen molar-refractivity contribution in [3.8, 4) is 0 Å². The van der Waals surface area contributed by atoms with Gasteiger partial charge in [-0.2, -0.15) is 0 Å². The fourth-order valence-corrected chi connectivity index (χ4v) is 3.12. The van der Waals surface area contributed by atoms with E-state index in [0.717, 1.165) is 11.1 Å². The van der Waals surface area contributed by atoms with Crippen molar-refractivity contribution in [1.82, 2.24) is 0 Å². The summed E-state index contributed by atoms with van der Waals surface area (Å²) in [5, 5.41) is 0. The van der Waals surface area contributed by atoms with E-state index in [1.54, 1.807) is 17.6 Å². The molecule has 1 aliphatic rings. The van der Waals surface area contributed by atoms with Crippen LogP contribution in [0.3, 0.4) is 0 Å². The zero-order valence-corrected chi connectivity index (χ0v) is 10.3. The lowest BCUT2D eigenvalue weighted by Gasteiger charge is -2.02. The topological polar surface area (TPSA) is 29.4 Å². The Morgan fingerprint density at radius 1 is 1.13 bits per heavy atom. The van der Waals surface area contributed by atoms with Gasteiger partial charge in [0.2, 0.25) is 0 Å². The maximum absolute atomic E-state index is 11.6. The highest BCUT2D eigenvalue weighted by Crippen LogP contribution is 2.39. The lowest BCUT2D eigenvalue weighted by atomic mass is 10.0. The number of carbonyl (C=O) groups excluding carboxylic acids is 1. The molecule has 0 spiro atoms. The summed E-state index contributed by atoms with van der Waals surface area (Å²) < 4.78 is 0. The van der Waals surface area contributed by atoms with Gasteiger partial charge in [0.25, 0.3) is 5.91 Å². The molecule has 3 heteroatoms. The predicted octanol–water partition coefficient (Wildman–Crippen LogP) is 3.57. The first kappa shape index (κ1) is 10.6. The number of rotatable bonds is 2. The van der Waals surface area contributed by atoms with Gasteiger partial charge >= 0.3 is 0 Å². The van der Waals surface area contributed by atoms with Gasteiger partial charge in [0.1, 0.15) is 0 Å². The van der Waals surface area contributed by atoms with E-state index >= 15 is 0 Å². The second-order valence-electron chi connectivity index (χ2n) is 4.49. The molecule has 0 unspecified atom stereocenters. The Balaban J connectivity index is 2.63. The molecule has 80 valence electrons. The molecule has 0 bridgehead atoms. The van der Waals surface area contributed by atoms with Gasteiger partial charge in [0.05, 0.1) is 5.56 Å². The van der Waals surface area contributed by atoms with Gasteiger partial charge in [-0.1, -0.05) is 27.7 Å². The summed E-state index contributed by atoms with van der Waals surface area (Å²) in [6.07, 6.45) is 1.73. The van der Waals surface area contributed by atoms with Crippen molar-refractivity contribution < 1.29 is 4.79 Å². The molecule has 1 aromatic rings. The Morgan fingerprint density at radius 3 is 2.27 bits per heavy atom. The van der Waals surface area contributed by atoms with E-state index in [1.807, 2.05) is 0 Å². The number of thiophene rings is 1. The third-order valence-electron chi connectivity index (χ3n) is 2.57. The van der Waals surface area contributed by atoms with Crippen LogP contribution in [0, 0.1) is 0 Å². The minimum absolute atomic E-state index is 0.0585. The van der Waals surface area contributed by atoms with Crippen LogP contribution in [0.4, 0.5) is 0 Å². The summed E-state index contributed by atoms with van der Waals surface area (Å²) in [4.78, 5) is 18.0. The fourth-order valence-electron chi connectivity index (χ4n) is 1.85. The van der Waals surface area contributed by atoms with Crippen molar-refractivity contribution in [3.05, 3.63) is 20.9 Å². The quantitative estimate of drug-likeness (QED) is 0.750. The molecular formula is C12H15NOS. The Morgan fingerprint density at radius 2 is 1.73 bits per heavy atom. The normalized spacial score (nSPS) is 14.4. The number of aliphatic imine (C=N–C) groups is 1. The summed E-state index contributed by atoms with van der Waals surface area (Å²) in [6.45, 7) is 8.57. The number of fused-ring (bicyclic) bond motifs is 1. The Hall–Kier alpha value is -0.960. The van der Waals surface area contributed by atoms with Crippen LogP contribution < -0.4 is 0 Å². The highest BCUT2D eigenvalue weighted by molar-refractivity contribution is 7.13. The Kier molecular flexibility index (Phi) is 2.51. The zero-order valence-electron chi connectivity index (χ0n) is 9.50. The van der Waals surface area contributed by atoms with Crippen molar-refractivity contribution in [3.63, 3.8) is 0 Å². The molecule has 2 nitrogen and oxygen atoms in total. The standard InChI is InChI=1S/C12H15NOS/c1-6(2)10-8-5-13-12(14)9(8)11(15-10)7(3)4/h5-7H,1-4H3. The van der Waals surface area contributed by atoms with Crippen LogP contribution in [0.5, 0.6) is 0 Å². The molecule has 2 heterocycles. The minimum Gasteiger partial charge on any atom is -0.267 e. The van der Waals surface area contributed by atoms with Gasteiger partial charge in [0.15, 0.2) is 0 Å². The number of hydrogen-bond donors (Lipinski definition) is 0. The molecule has 0 aliphatic carbocycles. The molecule has 0 fully saturated rings. The number of carbonyl (C=O) groups is 1. The fraction of sp³-hybridized carbons (Fsp3) is 0.500. The van der Waals surface area contributed by atoms with Crippen molar-refractivity contribution in [2.45, 2.75) is 39.5 Å². The van der Waals surface area contributed by atoms with Crippen LogP contribution in [0.2, 0.25) is 0 Å². The van der Waals surface area contributed by atoms with Gasteiger partial charge in [-0.25, -0.2) is 4.99 Å². The lowest BCUT2D eigenvalue weighted by molar-refractivity contribution is 0.101. The maximum atomic E-state index is 11.6. The van der Waals surface area contributed by atoms with Crippen molar-refractivity contribution in [2.75, 3.05) is 0 Å². The van der Waals surface area contributed by atoms with E-state index in [2.05, 4.69) is 32.7 Å². The first-order valence-electron chi connectivity index (χ1n) is 5.27. The van der Waals surface area contributed by atoms with E-state index in [1.165, 1.54) is 9.75 Å². The van der Waals surface area contributed by atoms with E-state index in [0.29, 0.717) is 11.8 Å². The van der Waals surface area contributed by atoms with E-state index in [-0.39, 0.29) is 5.91 Å². The van der Waals surface area contributed by atoms with Crippen molar-refractivity contribution in [1.29, 1.82) is 0 Å². The van der Waals surface area contributed by atoms with Crippen LogP contribution in [-0.2, 0) is 0 Å². The largest absolute Gasteiger partial charge is 0.278 e. The first-order chi connectivity index (χ1) is 7.02. The summed E-state index contributed by atoms with van der Waals surface area (Å²) in [6, 6.07) is 0. The second-order valence-corrected chi connectivity index (χ2v) is 5.58. The van der Waals surface area contributed by atoms with Crippen molar-refractivity contribution in [2.24, 2.45) is 4.99 Å². The summed E-state index contributed by atoms with van der Waals surface area (Å²) >= 11 is 1.77. The molecule has 15 heavy (non-hydrogen) atoms. The third-order valence-corrected chi connectivity index (χ3v) is 4.38. The average molecular weight is 221 g/mol. The van der Waals surface area contributed by atoms with Crippen LogP contribution in [0.1, 0.15) is 65.2 Å². The molecule has 0 radical (unpaired) electrons. The molecule has 0 saturated carbocycles. The maximum Gasteiger partial charge on any atom is 0.278 e. The molecule has 0 saturated heterocycles. The highest BCUT2D eigenvalue weighted by Gasteiger charge is 2.28. The molecule has 1 aliphatic heterocycles. The van der Waals surface area contributed by atoms with Gasteiger partial charge in [-0.15, -0.1) is 11.3 Å².